The lowest BCUT2D eigenvalue weighted by Crippen LogP contribution is -1.95. The molecule has 0 aromatic heterocycles. The lowest BCUT2D eigenvalue weighted by Gasteiger charge is -2.11. The highest BCUT2D eigenvalue weighted by Crippen LogP contribution is 2.32. The third kappa shape index (κ3) is 2.11. The van der Waals surface area contributed by atoms with E-state index >= 15 is 0 Å². The fourth-order valence-electron chi connectivity index (χ4n) is 1.04. The third-order valence-electron chi connectivity index (χ3n) is 1.75. The Kier molecular flexibility index (Phi) is 3.51. The van der Waals surface area contributed by atoms with E-state index in [9.17, 15) is 5.11 Å². The fourth-order valence-corrected chi connectivity index (χ4v) is 1.70. The summed E-state index contributed by atoms with van der Waals surface area (Å²) in [4.78, 5) is 0. The third-order valence-corrected chi connectivity index (χ3v) is 2.60. The first-order valence-electron chi connectivity index (χ1n) is 3.83. The molecule has 1 aromatic carbocycles. The molecule has 0 fully saturated rings. The molecule has 0 saturated heterocycles. The molecule has 0 amide bonds. The molecule has 1 aromatic rings. The minimum atomic E-state index is -0.663. The van der Waals surface area contributed by atoms with Crippen LogP contribution in [0.4, 0.5) is 0 Å². The lowest BCUT2D eigenvalue weighted by atomic mass is 10.1. The number of hydrogen-bond donors (Lipinski definition) is 1. The monoisotopic (exact) mass is 242 g/mol. The van der Waals surface area contributed by atoms with E-state index in [2.05, 4.69) is 22.5 Å². The Morgan fingerprint density at radius 2 is 2.31 bits per heavy atom. The molecule has 0 saturated carbocycles. The predicted molar refractivity (Wildman–Crippen MR) is 55.9 cm³/mol. The first kappa shape index (κ1) is 10.3. The Morgan fingerprint density at radius 3 is 2.85 bits per heavy atom. The minimum absolute atomic E-state index is 0.663. The summed E-state index contributed by atoms with van der Waals surface area (Å²) < 4.78 is 5.86. The normalized spacial score (nSPS) is 12.2. The van der Waals surface area contributed by atoms with Crippen LogP contribution in [0.2, 0.25) is 0 Å². The Labute approximate surface area is 86.0 Å². The smallest absolute Gasteiger partial charge is 0.133 e. The van der Waals surface area contributed by atoms with Crippen LogP contribution < -0.4 is 4.74 Å². The van der Waals surface area contributed by atoms with Crippen LogP contribution in [-0.4, -0.2) is 12.2 Å². The maximum absolute atomic E-state index is 9.53. The van der Waals surface area contributed by atoms with Crippen LogP contribution in [0.5, 0.6) is 5.75 Å². The van der Waals surface area contributed by atoms with Crippen molar-refractivity contribution in [3.63, 3.8) is 0 Å². The Balaban J connectivity index is 3.14. The Bertz CT molecular complexity index is 310. The molecule has 1 rings (SSSR count). The summed E-state index contributed by atoms with van der Waals surface area (Å²) in [7, 11) is 1.59. The van der Waals surface area contributed by atoms with Crippen LogP contribution in [-0.2, 0) is 0 Å². The van der Waals surface area contributed by atoms with Gasteiger partial charge in [-0.25, -0.2) is 0 Å². The van der Waals surface area contributed by atoms with E-state index in [4.69, 9.17) is 4.74 Å². The van der Waals surface area contributed by atoms with Crippen LogP contribution in [0, 0.1) is 0 Å². The summed E-state index contributed by atoms with van der Waals surface area (Å²) >= 11 is 3.35. The van der Waals surface area contributed by atoms with Gasteiger partial charge >= 0.3 is 0 Å². The zero-order valence-electron chi connectivity index (χ0n) is 7.33. The second-order valence-electron chi connectivity index (χ2n) is 2.54. The summed E-state index contributed by atoms with van der Waals surface area (Å²) in [6, 6.07) is 5.47. The highest BCUT2D eigenvalue weighted by atomic mass is 79.9. The topological polar surface area (TPSA) is 29.5 Å². The van der Waals surface area contributed by atoms with Crippen LogP contribution in [0.1, 0.15) is 11.7 Å². The van der Waals surface area contributed by atoms with Gasteiger partial charge in [-0.1, -0.05) is 18.2 Å². The van der Waals surface area contributed by atoms with Crippen molar-refractivity contribution in [2.75, 3.05) is 7.11 Å². The summed E-state index contributed by atoms with van der Waals surface area (Å²) in [6.45, 7) is 3.52. The molecule has 0 spiro atoms. The maximum Gasteiger partial charge on any atom is 0.133 e. The minimum Gasteiger partial charge on any atom is -0.496 e. The number of methoxy groups -OCH3 is 1. The number of benzene rings is 1. The van der Waals surface area contributed by atoms with Crippen LogP contribution in [0.3, 0.4) is 0 Å². The van der Waals surface area contributed by atoms with E-state index in [1.54, 1.807) is 7.11 Å². The van der Waals surface area contributed by atoms with Gasteiger partial charge in [0.25, 0.3) is 0 Å². The van der Waals surface area contributed by atoms with Gasteiger partial charge in [-0.15, -0.1) is 6.58 Å². The molecule has 70 valence electrons. The average molecular weight is 243 g/mol. The molecule has 0 aliphatic rings. The summed E-state index contributed by atoms with van der Waals surface area (Å²) in [5.41, 5.74) is 0.759. The van der Waals surface area contributed by atoms with Gasteiger partial charge in [0.05, 0.1) is 17.7 Å². The van der Waals surface area contributed by atoms with Gasteiger partial charge < -0.3 is 9.84 Å². The zero-order valence-corrected chi connectivity index (χ0v) is 8.91. The Morgan fingerprint density at radius 1 is 1.62 bits per heavy atom. The number of rotatable bonds is 3. The van der Waals surface area contributed by atoms with Gasteiger partial charge in [-0.2, -0.15) is 0 Å². The molecule has 0 bridgehead atoms. The number of ether oxygens (including phenoxy) is 1. The lowest BCUT2D eigenvalue weighted by molar-refractivity contribution is 0.227. The summed E-state index contributed by atoms with van der Waals surface area (Å²) in [5, 5.41) is 9.53. The number of hydrogen-bond acceptors (Lipinski definition) is 2. The van der Waals surface area contributed by atoms with Gasteiger partial charge in [0.2, 0.25) is 0 Å². The van der Waals surface area contributed by atoms with Gasteiger partial charge in [0, 0.05) is 5.56 Å². The van der Waals surface area contributed by atoms with E-state index < -0.39 is 6.10 Å². The molecule has 3 heteroatoms. The largest absolute Gasteiger partial charge is 0.496 e. The molecule has 1 atom stereocenters. The quantitative estimate of drug-likeness (QED) is 0.827. The van der Waals surface area contributed by atoms with Crippen molar-refractivity contribution >= 4 is 15.9 Å². The molecule has 0 radical (unpaired) electrons. The molecular weight excluding hydrogens is 232 g/mol. The van der Waals surface area contributed by atoms with Crippen LogP contribution in [0.25, 0.3) is 0 Å². The maximum atomic E-state index is 9.53. The number of halogens is 1. The van der Waals surface area contributed by atoms with Gasteiger partial charge in [0.1, 0.15) is 5.75 Å². The molecule has 13 heavy (non-hydrogen) atoms. The molecule has 0 aliphatic carbocycles. The average Bonchev–Trinajstić information content (AvgIpc) is 2.17. The van der Waals surface area contributed by atoms with E-state index in [-0.39, 0.29) is 0 Å². The van der Waals surface area contributed by atoms with Crippen molar-refractivity contribution in [1.82, 2.24) is 0 Å². The van der Waals surface area contributed by atoms with Gasteiger partial charge in [0.15, 0.2) is 0 Å². The predicted octanol–water partition coefficient (Wildman–Crippen LogP) is 2.68. The summed E-state index contributed by atoms with van der Waals surface area (Å²) in [5.74, 6) is 0.707. The first-order valence-corrected chi connectivity index (χ1v) is 4.63. The van der Waals surface area contributed by atoms with Crippen molar-refractivity contribution in [3.05, 3.63) is 40.9 Å². The highest BCUT2D eigenvalue weighted by molar-refractivity contribution is 9.10. The van der Waals surface area contributed by atoms with E-state index in [1.807, 2.05) is 18.2 Å². The molecule has 0 heterocycles. The van der Waals surface area contributed by atoms with E-state index in [1.165, 1.54) is 6.08 Å². The van der Waals surface area contributed by atoms with Crippen molar-refractivity contribution < 1.29 is 9.84 Å². The van der Waals surface area contributed by atoms with E-state index in [0.717, 1.165) is 10.0 Å². The standard InChI is InChI=1S/C10H11BrO2/c1-3-8(12)7-5-4-6-9(13-2)10(7)11/h3-6,8,12H,1H2,2H3. The first-order chi connectivity index (χ1) is 6.20. The van der Waals surface area contributed by atoms with Crippen molar-refractivity contribution in [2.24, 2.45) is 0 Å². The second-order valence-corrected chi connectivity index (χ2v) is 3.34. The SMILES string of the molecule is C=CC(O)c1cccc(OC)c1Br. The molecule has 2 nitrogen and oxygen atoms in total. The van der Waals surface area contributed by atoms with Crippen LogP contribution in [0.15, 0.2) is 35.3 Å². The van der Waals surface area contributed by atoms with Crippen molar-refractivity contribution in [2.45, 2.75) is 6.10 Å². The van der Waals surface area contributed by atoms with E-state index in [0.29, 0.717) is 5.75 Å². The fraction of sp³-hybridized carbons (Fsp3) is 0.200. The Hall–Kier alpha value is -0.800. The van der Waals surface area contributed by atoms with Crippen molar-refractivity contribution in [3.8, 4) is 5.75 Å². The zero-order chi connectivity index (χ0) is 9.84. The highest BCUT2D eigenvalue weighted by Gasteiger charge is 2.10. The second kappa shape index (κ2) is 4.44. The van der Waals surface area contributed by atoms with Gasteiger partial charge in [-0.05, 0) is 22.0 Å². The number of aliphatic hydroxyl groups is 1. The molecular formula is C10H11BrO2. The number of aliphatic hydroxyl groups excluding tert-OH is 1. The molecule has 0 aliphatic heterocycles. The summed E-state index contributed by atoms with van der Waals surface area (Å²) in [6.07, 6.45) is 0.809. The molecule has 1 unspecified atom stereocenters. The van der Waals surface area contributed by atoms with Gasteiger partial charge in [-0.3, -0.25) is 0 Å². The van der Waals surface area contributed by atoms with Crippen LogP contribution >= 0.6 is 15.9 Å². The molecule has 1 N–H and O–H groups in total. The van der Waals surface area contributed by atoms with Crippen molar-refractivity contribution in [1.29, 1.82) is 0 Å².